The Kier molecular flexibility index (Phi) is 18.0. The van der Waals surface area contributed by atoms with Crippen LogP contribution >= 0.6 is 0 Å². The quantitative estimate of drug-likeness (QED) is 0.0640. The molecule has 0 aliphatic rings. The molecule has 1 aromatic carbocycles. The Morgan fingerprint density at radius 3 is 1.64 bits per heavy atom. The van der Waals surface area contributed by atoms with Crippen LogP contribution in [0, 0.1) is 11.8 Å². The van der Waals surface area contributed by atoms with Crippen LogP contribution in [0.4, 0.5) is 0 Å². The third-order valence-electron chi connectivity index (χ3n) is 8.03. The number of carbonyl (C=O) groups excluding carboxylic acids is 3. The van der Waals surface area contributed by atoms with Crippen molar-refractivity contribution in [2.45, 2.75) is 83.0 Å². The van der Waals surface area contributed by atoms with Crippen LogP contribution in [-0.4, -0.2) is 91.7 Å². The summed E-state index contributed by atoms with van der Waals surface area (Å²) in [7, 11) is 0. The Balaban J connectivity index is 1.76. The fourth-order valence-electron chi connectivity index (χ4n) is 5.12. The van der Waals surface area contributed by atoms with Crippen LogP contribution in [-0.2, 0) is 57.9 Å². The van der Waals surface area contributed by atoms with Gasteiger partial charge in [-0.1, -0.05) is 12.1 Å². The predicted molar refractivity (Wildman–Crippen MR) is 180 cm³/mol. The number of carbonyl (C=O) groups is 8. The van der Waals surface area contributed by atoms with Crippen LogP contribution in [0.25, 0.3) is 0 Å². The van der Waals surface area contributed by atoms with Crippen LogP contribution in [0.3, 0.4) is 0 Å². The van der Waals surface area contributed by atoms with Crippen molar-refractivity contribution < 1.29 is 73.0 Å². The molecule has 10 N–H and O–H groups in total. The molecule has 2 aromatic rings. The third-order valence-corrected chi connectivity index (χ3v) is 8.03. The maximum absolute atomic E-state index is 12.5. The first-order valence-electron chi connectivity index (χ1n) is 16.6. The minimum atomic E-state index is -1.64. The number of carboxylic acid groups (broad SMARTS) is 5. The molecule has 3 amide bonds. The number of furan rings is 1. The lowest BCUT2D eigenvalue weighted by Gasteiger charge is -2.20. The Morgan fingerprint density at radius 1 is 0.660 bits per heavy atom. The summed E-state index contributed by atoms with van der Waals surface area (Å²) in [5.74, 6) is -11.7. The molecule has 0 radical (unpaired) electrons. The van der Waals surface area contributed by atoms with Gasteiger partial charge in [0.05, 0.1) is 24.6 Å². The van der Waals surface area contributed by atoms with E-state index < -0.39 is 110 Å². The van der Waals surface area contributed by atoms with E-state index in [1.807, 2.05) is 12.1 Å². The van der Waals surface area contributed by atoms with E-state index in [2.05, 4.69) is 16.0 Å². The monoisotopic (exact) mass is 748 g/mol. The molecule has 1 aromatic heterocycles. The highest BCUT2D eigenvalue weighted by Gasteiger charge is 2.34. The molecule has 0 fully saturated rings. The largest absolute Gasteiger partial charge is 0.489 e. The Hall–Kier alpha value is -5.98. The molecule has 2 rings (SSSR count). The van der Waals surface area contributed by atoms with Crippen molar-refractivity contribution >= 4 is 47.6 Å². The minimum Gasteiger partial charge on any atom is -0.489 e. The number of amides is 3. The molecular formula is C34H44N4O15. The standard InChI is InChI=1S/C34H44N4O15/c35-16-22-15-20(18-53-22)17-52-21-3-1-19(2-4-21)13-14-36-27(39)10-7-25(33(48)49)38-29(41)11-8-26(34(50)51)37-28(40)9-5-23(31(44)45)24(32(46)47)6-12-30(42)43/h1-4,15,18,23-26H,5-14,16-17,35H2,(H,36,39)(H,37,40)(H,38,41)(H,42,43)(H,44,45)(H,46,47)(H,48,49)(H,50,51)/t23-,24+,25-,26-/m0/s1. The minimum absolute atomic E-state index is 0.242. The summed E-state index contributed by atoms with van der Waals surface area (Å²) in [6.07, 6.45) is -1.76. The molecule has 0 aliphatic carbocycles. The average molecular weight is 749 g/mol. The summed E-state index contributed by atoms with van der Waals surface area (Å²) in [5.41, 5.74) is 7.27. The summed E-state index contributed by atoms with van der Waals surface area (Å²) in [5, 5.41) is 53.7. The van der Waals surface area contributed by atoms with Gasteiger partial charge in [-0.2, -0.15) is 0 Å². The van der Waals surface area contributed by atoms with E-state index in [-0.39, 0.29) is 25.9 Å². The van der Waals surface area contributed by atoms with Crippen molar-refractivity contribution in [1.29, 1.82) is 0 Å². The number of aliphatic carboxylic acids is 5. The zero-order valence-corrected chi connectivity index (χ0v) is 28.7. The van der Waals surface area contributed by atoms with E-state index >= 15 is 0 Å². The summed E-state index contributed by atoms with van der Waals surface area (Å²) in [6.45, 7) is 0.843. The second kappa shape index (κ2) is 22.1. The van der Waals surface area contributed by atoms with Gasteiger partial charge >= 0.3 is 29.8 Å². The van der Waals surface area contributed by atoms with Gasteiger partial charge in [-0.15, -0.1) is 0 Å². The fraction of sp³-hybridized carbons (Fsp3) is 0.471. The van der Waals surface area contributed by atoms with Crippen molar-refractivity contribution in [3.05, 3.63) is 53.5 Å². The number of hydrogen-bond donors (Lipinski definition) is 9. The maximum Gasteiger partial charge on any atom is 0.326 e. The first-order chi connectivity index (χ1) is 25.1. The smallest absolute Gasteiger partial charge is 0.326 e. The summed E-state index contributed by atoms with van der Waals surface area (Å²) in [6, 6.07) is 5.91. The summed E-state index contributed by atoms with van der Waals surface area (Å²) < 4.78 is 11.0. The lowest BCUT2D eigenvalue weighted by molar-refractivity contribution is -0.155. The second-order valence-corrected chi connectivity index (χ2v) is 12.0. The van der Waals surface area contributed by atoms with Crippen molar-refractivity contribution in [3.8, 4) is 5.75 Å². The first-order valence-corrected chi connectivity index (χ1v) is 16.6. The predicted octanol–water partition coefficient (Wildman–Crippen LogP) is 0.722. The van der Waals surface area contributed by atoms with Crippen molar-refractivity contribution in [2.75, 3.05) is 6.54 Å². The van der Waals surface area contributed by atoms with Crippen LogP contribution in [0.5, 0.6) is 5.75 Å². The van der Waals surface area contributed by atoms with Crippen molar-refractivity contribution in [3.63, 3.8) is 0 Å². The molecule has 1 heterocycles. The molecule has 0 unspecified atom stereocenters. The number of ether oxygens (including phenoxy) is 1. The molecular weight excluding hydrogens is 704 g/mol. The molecule has 0 bridgehead atoms. The second-order valence-electron chi connectivity index (χ2n) is 12.0. The van der Waals surface area contributed by atoms with Crippen LogP contribution in [0.2, 0.25) is 0 Å². The average Bonchev–Trinajstić information content (AvgIpc) is 3.57. The van der Waals surface area contributed by atoms with E-state index in [0.717, 1.165) is 11.1 Å². The normalized spacial score (nSPS) is 13.1. The topological polar surface area (TPSA) is 322 Å². The van der Waals surface area contributed by atoms with Gasteiger partial charge in [0.2, 0.25) is 17.7 Å². The lowest BCUT2D eigenvalue weighted by atomic mass is 9.85. The number of nitrogens with two attached hydrogens (primary N) is 1. The first kappa shape index (κ1) is 43.2. The number of nitrogens with one attached hydrogen (secondary N) is 3. The zero-order valence-electron chi connectivity index (χ0n) is 28.7. The van der Waals surface area contributed by atoms with Crippen molar-refractivity contribution in [1.82, 2.24) is 16.0 Å². The van der Waals surface area contributed by atoms with Gasteiger partial charge in [-0.3, -0.25) is 28.8 Å². The van der Waals surface area contributed by atoms with E-state index in [1.165, 1.54) is 0 Å². The Morgan fingerprint density at radius 2 is 1.17 bits per heavy atom. The fourth-order valence-corrected chi connectivity index (χ4v) is 5.12. The number of rotatable bonds is 26. The van der Waals surface area contributed by atoms with Crippen LogP contribution < -0.4 is 26.4 Å². The Bertz CT molecular complexity index is 1590. The molecule has 53 heavy (non-hydrogen) atoms. The van der Waals surface area contributed by atoms with E-state index in [0.29, 0.717) is 24.5 Å². The molecule has 19 heteroatoms. The molecule has 0 spiro atoms. The molecule has 0 saturated heterocycles. The highest BCUT2D eigenvalue weighted by atomic mass is 16.5. The molecule has 19 nitrogen and oxygen atoms in total. The maximum atomic E-state index is 12.5. The molecule has 0 saturated carbocycles. The third kappa shape index (κ3) is 16.3. The van der Waals surface area contributed by atoms with Crippen LogP contribution in [0.15, 0.2) is 41.0 Å². The highest BCUT2D eigenvalue weighted by Crippen LogP contribution is 2.24. The van der Waals surface area contributed by atoms with Gasteiger partial charge in [0.15, 0.2) is 0 Å². The Labute approximate surface area is 302 Å². The van der Waals surface area contributed by atoms with Gasteiger partial charge in [0.1, 0.15) is 30.2 Å². The highest BCUT2D eigenvalue weighted by molar-refractivity contribution is 5.87. The van der Waals surface area contributed by atoms with E-state index in [9.17, 15) is 58.8 Å². The number of hydrogen-bond acceptors (Lipinski definition) is 11. The number of benzene rings is 1. The molecule has 0 aliphatic heterocycles. The lowest BCUT2D eigenvalue weighted by Crippen LogP contribution is -2.44. The number of carboxylic acids is 5. The van der Waals surface area contributed by atoms with E-state index in [4.69, 9.17) is 20.0 Å². The summed E-state index contributed by atoms with van der Waals surface area (Å²) in [4.78, 5) is 94.7. The van der Waals surface area contributed by atoms with Gasteiger partial charge < -0.3 is 56.4 Å². The van der Waals surface area contributed by atoms with Gasteiger partial charge in [-0.05, 0) is 55.9 Å². The molecule has 4 atom stereocenters. The van der Waals surface area contributed by atoms with Gasteiger partial charge in [0, 0.05) is 37.8 Å². The van der Waals surface area contributed by atoms with Gasteiger partial charge in [-0.25, -0.2) is 9.59 Å². The van der Waals surface area contributed by atoms with Gasteiger partial charge in [0.25, 0.3) is 0 Å². The summed E-state index contributed by atoms with van der Waals surface area (Å²) >= 11 is 0. The molecule has 290 valence electrons. The van der Waals surface area contributed by atoms with Crippen molar-refractivity contribution in [2.24, 2.45) is 17.6 Å². The SMILES string of the molecule is NCc1cc(COc2ccc(CCNC(=O)CC[C@H](NC(=O)CC[C@H](NC(=O)CC[C@H](C(=O)O)[C@@H](CCC(=O)O)C(=O)O)C(=O)O)C(=O)O)cc2)co1. The van der Waals surface area contributed by atoms with E-state index in [1.54, 1.807) is 24.5 Å². The zero-order chi connectivity index (χ0) is 39.5. The van der Waals surface area contributed by atoms with Crippen LogP contribution in [0.1, 0.15) is 68.3 Å².